The predicted molar refractivity (Wildman–Crippen MR) is 111 cm³/mol. The molecule has 1 atom stereocenters. The number of hydrogen-bond acceptors (Lipinski definition) is 5. The number of aromatic nitrogens is 2. The highest BCUT2D eigenvalue weighted by Crippen LogP contribution is 2.27. The van der Waals surface area contributed by atoms with Crippen molar-refractivity contribution in [2.75, 3.05) is 5.32 Å². The number of fused-ring (bicyclic) bond motifs is 1. The number of aryl methyl sites for hydroxylation is 2. The van der Waals surface area contributed by atoms with E-state index in [1.807, 2.05) is 13.8 Å². The molecule has 0 aliphatic carbocycles. The standard InChI is InChI=1S/C18H17ClFN3O2S2/c1-8-9(2)27-18-15(8)17(25)22-14(23-18)7-26-10(3)16(24)21-11-4-5-13(20)12(19)6-11/h4-6,10H,7H2,1-3H3,(H,21,24)(H,22,23,25). The van der Waals surface area contributed by atoms with Gasteiger partial charge < -0.3 is 10.3 Å². The van der Waals surface area contributed by atoms with Gasteiger partial charge in [-0.15, -0.1) is 23.1 Å². The van der Waals surface area contributed by atoms with Gasteiger partial charge >= 0.3 is 0 Å². The minimum Gasteiger partial charge on any atom is -0.325 e. The third-order valence-corrected chi connectivity index (χ3v) is 6.66. The molecule has 0 aliphatic heterocycles. The van der Waals surface area contributed by atoms with E-state index in [4.69, 9.17) is 11.6 Å². The normalized spacial score (nSPS) is 12.3. The molecule has 1 aromatic carbocycles. The summed E-state index contributed by atoms with van der Waals surface area (Å²) in [5, 5.41) is 2.87. The Hall–Kier alpha value is -1.90. The molecule has 0 bridgehead atoms. The third-order valence-electron chi connectivity index (χ3n) is 4.11. The molecule has 5 nitrogen and oxygen atoms in total. The zero-order valence-corrected chi connectivity index (χ0v) is 17.2. The summed E-state index contributed by atoms with van der Waals surface area (Å²) >= 11 is 8.56. The molecular formula is C18H17ClFN3O2S2. The van der Waals surface area contributed by atoms with Crippen LogP contribution in [-0.2, 0) is 10.5 Å². The fourth-order valence-electron chi connectivity index (χ4n) is 2.46. The summed E-state index contributed by atoms with van der Waals surface area (Å²) < 4.78 is 13.2. The molecule has 2 heterocycles. The van der Waals surface area contributed by atoms with E-state index in [9.17, 15) is 14.0 Å². The van der Waals surface area contributed by atoms with Gasteiger partial charge in [0, 0.05) is 10.6 Å². The lowest BCUT2D eigenvalue weighted by atomic mass is 10.2. The zero-order valence-electron chi connectivity index (χ0n) is 14.9. The van der Waals surface area contributed by atoms with Crippen LogP contribution in [0, 0.1) is 19.7 Å². The molecule has 3 rings (SSSR count). The molecule has 0 radical (unpaired) electrons. The quantitative estimate of drug-likeness (QED) is 0.623. The highest BCUT2D eigenvalue weighted by molar-refractivity contribution is 7.99. The van der Waals surface area contributed by atoms with Crippen LogP contribution in [0.1, 0.15) is 23.2 Å². The molecule has 142 valence electrons. The molecule has 9 heteroatoms. The number of aromatic amines is 1. The van der Waals surface area contributed by atoms with Crippen molar-refractivity contribution >= 4 is 56.5 Å². The van der Waals surface area contributed by atoms with E-state index >= 15 is 0 Å². The smallest absolute Gasteiger partial charge is 0.259 e. The topological polar surface area (TPSA) is 74.8 Å². The maximum absolute atomic E-state index is 13.2. The molecule has 0 fully saturated rings. The number of hydrogen-bond donors (Lipinski definition) is 2. The highest BCUT2D eigenvalue weighted by Gasteiger charge is 2.16. The van der Waals surface area contributed by atoms with Gasteiger partial charge in [-0.2, -0.15) is 0 Å². The van der Waals surface area contributed by atoms with Crippen molar-refractivity contribution in [3.63, 3.8) is 0 Å². The van der Waals surface area contributed by atoms with Crippen LogP contribution in [0.3, 0.4) is 0 Å². The number of amides is 1. The van der Waals surface area contributed by atoms with Crippen LogP contribution in [0.2, 0.25) is 5.02 Å². The van der Waals surface area contributed by atoms with Crippen LogP contribution in [-0.4, -0.2) is 21.1 Å². The maximum atomic E-state index is 13.2. The van der Waals surface area contributed by atoms with Crippen LogP contribution in [0.4, 0.5) is 10.1 Å². The minimum absolute atomic E-state index is 0.0512. The lowest BCUT2D eigenvalue weighted by Crippen LogP contribution is -2.23. The van der Waals surface area contributed by atoms with E-state index in [-0.39, 0.29) is 16.5 Å². The summed E-state index contributed by atoms with van der Waals surface area (Å²) in [6, 6.07) is 4.01. The van der Waals surface area contributed by atoms with E-state index < -0.39 is 11.1 Å². The van der Waals surface area contributed by atoms with E-state index in [1.54, 1.807) is 6.92 Å². The van der Waals surface area contributed by atoms with Gasteiger partial charge in [0.1, 0.15) is 16.5 Å². The maximum Gasteiger partial charge on any atom is 0.259 e. The second-order valence-corrected chi connectivity index (χ2v) is 8.99. The van der Waals surface area contributed by atoms with Crippen LogP contribution in [0.25, 0.3) is 10.2 Å². The number of anilines is 1. The van der Waals surface area contributed by atoms with Gasteiger partial charge in [0.2, 0.25) is 5.91 Å². The van der Waals surface area contributed by atoms with Gasteiger partial charge in [-0.1, -0.05) is 11.6 Å². The Balaban J connectivity index is 1.67. The van der Waals surface area contributed by atoms with Crippen molar-refractivity contribution in [3.05, 3.63) is 55.7 Å². The number of thiophene rings is 1. The number of carbonyl (C=O) groups is 1. The van der Waals surface area contributed by atoms with Gasteiger partial charge in [-0.25, -0.2) is 9.37 Å². The molecule has 0 saturated heterocycles. The van der Waals surface area contributed by atoms with Crippen molar-refractivity contribution in [2.24, 2.45) is 0 Å². The fourth-order valence-corrected chi connectivity index (χ4v) is 4.45. The molecule has 1 unspecified atom stereocenters. The lowest BCUT2D eigenvalue weighted by molar-refractivity contribution is -0.115. The third kappa shape index (κ3) is 4.34. The average molecular weight is 426 g/mol. The van der Waals surface area contributed by atoms with Crippen molar-refractivity contribution in [1.29, 1.82) is 0 Å². The van der Waals surface area contributed by atoms with Crippen LogP contribution < -0.4 is 10.9 Å². The fraction of sp³-hybridized carbons (Fsp3) is 0.278. The van der Waals surface area contributed by atoms with Crippen LogP contribution in [0.5, 0.6) is 0 Å². The lowest BCUT2D eigenvalue weighted by Gasteiger charge is -2.12. The molecule has 0 aliphatic rings. The Bertz CT molecular complexity index is 1080. The number of thioether (sulfide) groups is 1. The van der Waals surface area contributed by atoms with Gasteiger partial charge in [0.05, 0.1) is 21.4 Å². The molecule has 1 amide bonds. The predicted octanol–water partition coefficient (Wildman–Crippen LogP) is 4.65. The van der Waals surface area contributed by atoms with Gasteiger partial charge in [-0.05, 0) is 44.5 Å². The van der Waals surface area contributed by atoms with Crippen molar-refractivity contribution in [1.82, 2.24) is 9.97 Å². The van der Waals surface area contributed by atoms with Gasteiger partial charge in [0.25, 0.3) is 5.56 Å². The number of rotatable bonds is 5. The minimum atomic E-state index is -0.540. The number of halogens is 2. The SMILES string of the molecule is Cc1sc2nc(CSC(C)C(=O)Nc3ccc(F)c(Cl)c3)[nH]c(=O)c2c1C. The number of benzene rings is 1. The van der Waals surface area contributed by atoms with E-state index in [0.717, 1.165) is 10.4 Å². The Morgan fingerprint density at radius 2 is 2.19 bits per heavy atom. The van der Waals surface area contributed by atoms with Gasteiger partial charge in [0.15, 0.2) is 0 Å². The summed E-state index contributed by atoms with van der Waals surface area (Å²) in [6.07, 6.45) is 0. The molecular weight excluding hydrogens is 409 g/mol. The molecule has 0 spiro atoms. The Morgan fingerprint density at radius 1 is 1.44 bits per heavy atom. The summed E-state index contributed by atoms with van der Waals surface area (Å²) in [5.74, 6) is 0.138. The molecule has 2 aromatic heterocycles. The second-order valence-electron chi connectivity index (χ2n) is 6.05. The largest absolute Gasteiger partial charge is 0.325 e. The first kappa shape index (κ1) is 19.9. The molecule has 27 heavy (non-hydrogen) atoms. The van der Waals surface area contributed by atoms with E-state index in [0.29, 0.717) is 27.5 Å². The number of carbonyl (C=O) groups excluding carboxylic acids is 1. The summed E-state index contributed by atoms with van der Waals surface area (Å²) in [4.78, 5) is 33.7. The molecule has 2 N–H and O–H groups in total. The number of H-pyrrole nitrogens is 1. The second kappa shape index (κ2) is 8.00. The van der Waals surface area contributed by atoms with E-state index in [1.165, 1.54) is 41.3 Å². The summed E-state index contributed by atoms with van der Waals surface area (Å²) in [6.45, 7) is 5.62. The van der Waals surface area contributed by atoms with Crippen LogP contribution in [0.15, 0.2) is 23.0 Å². The Morgan fingerprint density at radius 3 is 2.89 bits per heavy atom. The average Bonchev–Trinajstić information content (AvgIpc) is 2.90. The van der Waals surface area contributed by atoms with Crippen molar-refractivity contribution in [3.8, 4) is 0 Å². The summed E-state index contributed by atoms with van der Waals surface area (Å²) in [7, 11) is 0. The van der Waals surface area contributed by atoms with Crippen LogP contribution >= 0.6 is 34.7 Å². The van der Waals surface area contributed by atoms with Crippen molar-refractivity contribution < 1.29 is 9.18 Å². The first-order valence-electron chi connectivity index (χ1n) is 8.12. The summed E-state index contributed by atoms with van der Waals surface area (Å²) in [5.41, 5.74) is 1.22. The Kier molecular flexibility index (Phi) is 5.88. The van der Waals surface area contributed by atoms with Gasteiger partial charge in [-0.3, -0.25) is 9.59 Å². The van der Waals surface area contributed by atoms with E-state index in [2.05, 4.69) is 15.3 Å². The first-order valence-corrected chi connectivity index (χ1v) is 10.4. The Labute approximate surface area is 168 Å². The highest BCUT2D eigenvalue weighted by atomic mass is 35.5. The number of nitrogens with zero attached hydrogens (tertiary/aromatic N) is 1. The molecule has 3 aromatic rings. The molecule has 0 saturated carbocycles. The first-order chi connectivity index (χ1) is 12.8. The monoisotopic (exact) mass is 425 g/mol. The van der Waals surface area contributed by atoms with Crippen molar-refractivity contribution in [2.45, 2.75) is 31.8 Å². The zero-order chi connectivity index (χ0) is 19.7. The number of nitrogens with one attached hydrogen (secondary N) is 2.